The lowest BCUT2D eigenvalue weighted by Gasteiger charge is -2.24. The van der Waals surface area contributed by atoms with E-state index in [4.69, 9.17) is 9.47 Å². The Labute approximate surface area is 169 Å². The van der Waals surface area contributed by atoms with Gasteiger partial charge in [-0.2, -0.15) is 0 Å². The number of hydrogen-bond acceptors (Lipinski definition) is 5. The largest absolute Gasteiger partial charge is 0.468 e. The van der Waals surface area contributed by atoms with E-state index in [2.05, 4.69) is 0 Å². The van der Waals surface area contributed by atoms with Gasteiger partial charge in [-0.3, -0.25) is 14.4 Å². The van der Waals surface area contributed by atoms with Gasteiger partial charge < -0.3 is 9.47 Å². The van der Waals surface area contributed by atoms with Crippen LogP contribution in [-0.2, 0) is 19.1 Å². The first-order valence-corrected chi connectivity index (χ1v) is 9.28. The molecule has 0 heterocycles. The third-order valence-corrected chi connectivity index (χ3v) is 5.04. The zero-order chi connectivity index (χ0) is 20.8. The van der Waals surface area contributed by atoms with Gasteiger partial charge in [-0.05, 0) is 16.3 Å². The highest BCUT2D eigenvalue weighted by Crippen LogP contribution is 2.36. The van der Waals surface area contributed by atoms with Crippen molar-refractivity contribution < 1.29 is 23.9 Å². The van der Waals surface area contributed by atoms with Crippen LogP contribution in [0.15, 0.2) is 72.8 Å². The Morgan fingerprint density at radius 2 is 1.34 bits per heavy atom. The van der Waals surface area contributed by atoms with E-state index in [9.17, 15) is 14.4 Å². The van der Waals surface area contributed by atoms with Gasteiger partial charge in [-0.25, -0.2) is 0 Å². The zero-order valence-corrected chi connectivity index (χ0v) is 16.3. The van der Waals surface area contributed by atoms with E-state index in [0.29, 0.717) is 5.56 Å². The van der Waals surface area contributed by atoms with Crippen molar-refractivity contribution in [1.29, 1.82) is 0 Å². The van der Waals surface area contributed by atoms with E-state index in [-0.39, 0.29) is 12.2 Å². The first-order valence-electron chi connectivity index (χ1n) is 9.28. The second-order valence-corrected chi connectivity index (χ2v) is 6.69. The van der Waals surface area contributed by atoms with Gasteiger partial charge in [0, 0.05) is 17.9 Å². The van der Waals surface area contributed by atoms with Crippen LogP contribution in [0, 0.1) is 5.92 Å². The molecule has 0 aromatic heterocycles. The lowest BCUT2D eigenvalue weighted by atomic mass is 9.79. The number of carbonyl (C=O) groups is 3. The standard InChI is InChI=1S/C24H22O5/c1-28-23(26)22(24(27)29-2)20(15-21(25)17-10-4-3-5-11-17)19-14-8-12-16-9-6-7-13-18(16)19/h3-14,20,22H,15H2,1-2H3/t20-/m0/s1. The summed E-state index contributed by atoms with van der Waals surface area (Å²) in [5, 5.41) is 1.83. The first-order chi connectivity index (χ1) is 14.1. The molecule has 0 aliphatic heterocycles. The van der Waals surface area contributed by atoms with Crippen molar-refractivity contribution >= 4 is 28.5 Å². The molecule has 0 fully saturated rings. The maximum absolute atomic E-state index is 13.0. The van der Waals surface area contributed by atoms with Crippen molar-refractivity contribution in [3.63, 3.8) is 0 Å². The van der Waals surface area contributed by atoms with Gasteiger partial charge in [0.05, 0.1) is 14.2 Å². The van der Waals surface area contributed by atoms with Crippen LogP contribution in [-0.4, -0.2) is 31.9 Å². The molecule has 0 unspecified atom stereocenters. The molecule has 0 aliphatic rings. The Bertz CT molecular complexity index is 1000. The zero-order valence-electron chi connectivity index (χ0n) is 16.3. The monoisotopic (exact) mass is 390 g/mol. The average molecular weight is 390 g/mol. The van der Waals surface area contributed by atoms with Crippen molar-refractivity contribution in [3.05, 3.63) is 83.9 Å². The maximum Gasteiger partial charge on any atom is 0.320 e. The molecule has 0 aliphatic carbocycles. The fourth-order valence-electron chi connectivity index (χ4n) is 3.60. The van der Waals surface area contributed by atoms with E-state index >= 15 is 0 Å². The molecule has 0 radical (unpaired) electrons. The predicted octanol–water partition coefficient (Wildman–Crippen LogP) is 4.16. The van der Waals surface area contributed by atoms with Gasteiger partial charge in [0.25, 0.3) is 0 Å². The molecule has 0 amide bonds. The summed E-state index contributed by atoms with van der Waals surface area (Å²) in [4.78, 5) is 38.1. The van der Waals surface area contributed by atoms with Gasteiger partial charge in [0.1, 0.15) is 0 Å². The third kappa shape index (κ3) is 4.35. The molecule has 5 heteroatoms. The number of fused-ring (bicyclic) bond motifs is 1. The molecule has 0 bridgehead atoms. The normalized spacial score (nSPS) is 11.8. The second-order valence-electron chi connectivity index (χ2n) is 6.69. The quantitative estimate of drug-likeness (QED) is 0.344. The van der Waals surface area contributed by atoms with Crippen molar-refractivity contribution in [1.82, 2.24) is 0 Å². The summed E-state index contributed by atoms with van der Waals surface area (Å²) in [7, 11) is 2.44. The molecule has 3 rings (SSSR count). The summed E-state index contributed by atoms with van der Waals surface area (Å²) in [5.41, 5.74) is 1.25. The van der Waals surface area contributed by atoms with Gasteiger partial charge in [-0.15, -0.1) is 0 Å². The lowest BCUT2D eigenvalue weighted by molar-refractivity contribution is -0.159. The van der Waals surface area contributed by atoms with Crippen molar-refractivity contribution in [3.8, 4) is 0 Å². The fourth-order valence-corrected chi connectivity index (χ4v) is 3.60. The summed E-state index contributed by atoms with van der Waals surface area (Å²) in [6.07, 6.45) is -0.0348. The number of rotatable bonds is 7. The number of carbonyl (C=O) groups excluding carboxylic acids is 3. The molecular formula is C24H22O5. The molecule has 0 saturated carbocycles. The Morgan fingerprint density at radius 3 is 2.00 bits per heavy atom. The minimum absolute atomic E-state index is 0.0348. The minimum atomic E-state index is -1.25. The van der Waals surface area contributed by atoms with Crippen LogP contribution in [0.4, 0.5) is 0 Å². The molecular weight excluding hydrogens is 368 g/mol. The summed E-state index contributed by atoms with van der Waals surface area (Å²) in [6.45, 7) is 0. The van der Waals surface area contributed by atoms with Crippen molar-refractivity contribution in [2.75, 3.05) is 14.2 Å². The fraction of sp³-hybridized carbons (Fsp3) is 0.208. The van der Waals surface area contributed by atoms with Crippen LogP contribution in [0.1, 0.15) is 28.3 Å². The molecule has 0 N–H and O–H groups in total. The summed E-state index contributed by atoms with van der Waals surface area (Å²) < 4.78 is 9.77. The SMILES string of the molecule is COC(=O)C(C(=O)OC)[C@@H](CC(=O)c1ccccc1)c1cccc2ccccc12. The van der Waals surface area contributed by atoms with Crippen LogP contribution >= 0.6 is 0 Å². The van der Waals surface area contributed by atoms with E-state index in [1.165, 1.54) is 14.2 Å². The molecule has 1 atom stereocenters. The van der Waals surface area contributed by atoms with Gasteiger partial charge in [0.2, 0.25) is 0 Å². The topological polar surface area (TPSA) is 69.7 Å². The summed E-state index contributed by atoms with van der Waals surface area (Å²) in [5.74, 6) is -3.59. The molecule has 0 spiro atoms. The Kier molecular flexibility index (Phi) is 6.39. The average Bonchev–Trinajstić information content (AvgIpc) is 2.78. The Morgan fingerprint density at radius 1 is 0.759 bits per heavy atom. The number of ether oxygens (including phenoxy) is 2. The first kappa shape index (κ1) is 20.3. The number of Topliss-reactive ketones (excluding diaryl/α,β-unsaturated/α-hetero) is 1. The highest BCUT2D eigenvalue weighted by molar-refractivity contribution is 6.01. The Balaban J connectivity index is 2.13. The number of methoxy groups -OCH3 is 2. The predicted molar refractivity (Wildman–Crippen MR) is 110 cm³/mol. The lowest BCUT2D eigenvalue weighted by Crippen LogP contribution is -2.33. The molecule has 0 saturated heterocycles. The highest BCUT2D eigenvalue weighted by Gasteiger charge is 2.39. The minimum Gasteiger partial charge on any atom is -0.468 e. The maximum atomic E-state index is 13.0. The number of ketones is 1. The number of hydrogen-bond donors (Lipinski definition) is 0. The molecule has 148 valence electrons. The van der Waals surface area contributed by atoms with E-state index in [0.717, 1.165) is 16.3 Å². The smallest absolute Gasteiger partial charge is 0.320 e. The highest BCUT2D eigenvalue weighted by atomic mass is 16.5. The van der Waals surface area contributed by atoms with Gasteiger partial charge in [-0.1, -0.05) is 72.8 Å². The van der Waals surface area contributed by atoms with E-state index in [1.54, 1.807) is 24.3 Å². The third-order valence-electron chi connectivity index (χ3n) is 5.04. The molecule has 5 nitrogen and oxygen atoms in total. The van der Waals surface area contributed by atoms with E-state index < -0.39 is 23.8 Å². The van der Waals surface area contributed by atoms with Crippen molar-refractivity contribution in [2.45, 2.75) is 12.3 Å². The second kappa shape index (κ2) is 9.15. The van der Waals surface area contributed by atoms with E-state index in [1.807, 2.05) is 48.5 Å². The Hall–Kier alpha value is -3.47. The van der Waals surface area contributed by atoms with Crippen LogP contribution in [0.25, 0.3) is 10.8 Å². The van der Waals surface area contributed by atoms with Gasteiger partial charge in [0.15, 0.2) is 11.7 Å². The van der Waals surface area contributed by atoms with Crippen LogP contribution in [0.5, 0.6) is 0 Å². The number of benzene rings is 3. The van der Waals surface area contributed by atoms with Gasteiger partial charge >= 0.3 is 11.9 Å². The molecule has 3 aromatic rings. The van der Waals surface area contributed by atoms with Crippen LogP contribution in [0.3, 0.4) is 0 Å². The molecule has 29 heavy (non-hydrogen) atoms. The van der Waals surface area contributed by atoms with Crippen LogP contribution in [0.2, 0.25) is 0 Å². The van der Waals surface area contributed by atoms with Crippen LogP contribution < -0.4 is 0 Å². The number of esters is 2. The molecule has 3 aromatic carbocycles. The van der Waals surface area contributed by atoms with Crippen molar-refractivity contribution in [2.24, 2.45) is 5.92 Å². The summed E-state index contributed by atoms with van der Waals surface area (Å²) >= 11 is 0. The summed E-state index contributed by atoms with van der Waals surface area (Å²) in [6, 6.07) is 22.1.